The highest BCUT2D eigenvalue weighted by Gasteiger charge is 2.10. The Balaban J connectivity index is 0.000000845. The quantitative estimate of drug-likeness (QED) is 0.407. The predicted octanol–water partition coefficient (Wildman–Crippen LogP) is -1.62. The van der Waals surface area contributed by atoms with Gasteiger partial charge >= 0.3 is 0 Å². The second-order valence-electron chi connectivity index (χ2n) is 3.22. The molecule has 0 radical (unpaired) electrons. The first kappa shape index (κ1) is 10.5. The van der Waals surface area contributed by atoms with Gasteiger partial charge in [0.05, 0.1) is 7.05 Å². The Morgan fingerprint density at radius 2 is 1.92 bits per heavy atom. The Morgan fingerprint density at radius 1 is 1.23 bits per heavy atom. The van der Waals surface area contributed by atoms with Gasteiger partial charge < -0.3 is 24.0 Å². The van der Waals surface area contributed by atoms with Crippen molar-refractivity contribution in [1.29, 1.82) is 0 Å². The average Bonchev–Trinajstić information content (AvgIpc) is 2.32. The largest absolute Gasteiger partial charge is 1.00 e. The first-order valence-corrected chi connectivity index (χ1v) is 4.13. The maximum atomic E-state index is 2.20. The van der Waals surface area contributed by atoms with Gasteiger partial charge in [0.15, 0.2) is 0 Å². The molecule has 0 unspecified atom stereocenters. The number of rotatable bonds is 0. The molecule has 2 rings (SSSR count). The maximum Gasteiger partial charge on any atom is 0.286 e. The van der Waals surface area contributed by atoms with Crippen molar-refractivity contribution in [3.05, 3.63) is 35.8 Å². The van der Waals surface area contributed by atoms with Gasteiger partial charge in [-0.2, -0.15) is 0 Å². The summed E-state index contributed by atoms with van der Waals surface area (Å²) in [5, 5.41) is 0. The van der Waals surface area contributed by atoms with Crippen LogP contribution < -0.4 is 28.4 Å². The number of hydrogen-bond donors (Lipinski definition) is 0. The van der Waals surface area contributed by atoms with E-state index in [4.69, 9.17) is 0 Å². The Labute approximate surface area is 95.2 Å². The van der Waals surface area contributed by atoms with Crippen LogP contribution in [-0.2, 0) is 7.05 Å². The molecule has 0 spiro atoms. The number of aromatic nitrogens is 2. The Hall–Kier alpha value is -0.580. The Morgan fingerprint density at radius 3 is 2.54 bits per heavy atom. The number of pyridine rings is 1. The minimum absolute atomic E-state index is 0. The number of hydrogen-bond acceptors (Lipinski definition) is 0. The van der Waals surface area contributed by atoms with E-state index in [2.05, 4.69) is 54.3 Å². The highest BCUT2D eigenvalue weighted by atomic mass is 127. The van der Waals surface area contributed by atoms with Crippen LogP contribution in [0.25, 0.3) is 5.65 Å². The monoisotopic (exact) mass is 288 g/mol. The van der Waals surface area contributed by atoms with Crippen LogP contribution >= 0.6 is 0 Å². The Bertz CT molecular complexity index is 432. The minimum atomic E-state index is 0. The number of halogens is 1. The summed E-state index contributed by atoms with van der Waals surface area (Å²) in [7, 11) is 2.09. The second-order valence-corrected chi connectivity index (χ2v) is 3.22. The van der Waals surface area contributed by atoms with E-state index in [9.17, 15) is 0 Å². The molecule has 0 aliphatic rings. The second kappa shape index (κ2) is 3.65. The average molecular weight is 288 g/mol. The maximum absolute atomic E-state index is 2.20. The fourth-order valence-electron chi connectivity index (χ4n) is 1.51. The van der Waals surface area contributed by atoms with E-state index in [1.165, 1.54) is 17.0 Å². The fourth-order valence-corrected chi connectivity index (χ4v) is 1.51. The van der Waals surface area contributed by atoms with E-state index >= 15 is 0 Å². The van der Waals surface area contributed by atoms with E-state index in [1.54, 1.807) is 0 Å². The summed E-state index contributed by atoms with van der Waals surface area (Å²) in [6.07, 6.45) is 2.16. The van der Waals surface area contributed by atoms with E-state index in [-0.39, 0.29) is 24.0 Å². The van der Waals surface area contributed by atoms with Crippen LogP contribution in [0.2, 0.25) is 0 Å². The Kier molecular flexibility index (Phi) is 2.95. The van der Waals surface area contributed by atoms with Gasteiger partial charge in [-0.15, -0.1) is 0 Å². The summed E-state index contributed by atoms with van der Waals surface area (Å²) in [4.78, 5) is 0. The molecule has 70 valence electrons. The van der Waals surface area contributed by atoms with Crippen molar-refractivity contribution in [1.82, 2.24) is 4.57 Å². The zero-order chi connectivity index (χ0) is 8.72. The van der Waals surface area contributed by atoms with Gasteiger partial charge in [-0.25, -0.2) is 8.97 Å². The summed E-state index contributed by atoms with van der Waals surface area (Å²) < 4.78 is 4.39. The van der Waals surface area contributed by atoms with Gasteiger partial charge in [-0.1, -0.05) is 6.07 Å². The highest BCUT2D eigenvalue weighted by Crippen LogP contribution is 2.02. The first-order chi connectivity index (χ1) is 5.70. The molecule has 0 aliphatic heterocycles. The molecule has 2 aromatic rings. The third-order valence-corrected chi connectivity index (χ3v) is 2.40. The molecule has 13 heavy (non-hydrogen) atoms. The first-order valence-electron chi connectivity index (χ1n) is 4.13. The van der Waals surface area contributed by atoms with Crippen molar-refractivity contribution >= 4 is 5.65 Å². The zero-order valence-electron chi connectivity index (χ0n) is 8.08. The van der Waals surface area contributed by atoms with Crippen LogP contribution in [0.1, 0.15) is 11.4 Å². The molecular weight excluding hydrogens is 275 g/mol. The third-order valence-electron chi connectivity index (χ3n) is 2.40. The molecule has 0 saturated heterocycles. The van der Waals surface area contributed by atoms with E-state index in [0.29, 0.717) is 0 Å². The number of fused-ring (bicyclic) bond motifs is 1. The SMILES string of the molecule is Cc1c[n+]2c(C)cccc2n1C.[I-]. The lowest BCUT2D eigenvalue weighted by atomic mass is 10.4. The lowest BCUT2D eigenvalue weighted by molar-refractivity contribution is -0.518. The van der Waals surface area contributed by atoms with Crippen molar-refractivity contribution in [2.75, 3.05) is 0 Å². The molecule has 2 nitrogen and oxygen atoms in total. The predicted molar refractivity (Wildman–Crippen MR) is 48.0 cm³/mol. The molecule has 0 N–H and O–H groups in total. The van der Waals surface area contributed by atoms with Gasteiger partial charge in [0.2, 0.25) is 0 Å². The smallest absolute Gasteiger partial charge is 0.286 e. The van der Waals surface area contributed by atoms with Crippen molar-refractivity contribution < 1.29 is 28.4 Å². The van der Waals surface area contributed by atoms with Gasteiger partial charge in [-0.05, 0) is 13.0 Å². The lowest BCUT2D eigenvalue weighted by Crippen LogP contribution is -3.00. The normalized spacial score (nSPS) is 10.1. The molecule has 2 aromatic heterocycles. The summed E-state index contributed by atoms with van der Waals surface area (Å²) in [6.45, 7) is 4.24. The molecule has 0 bridgehead atoms. The van der Waals surface area contributed by atoms with Crippen LogP contribution in [0.4, 0.5) is 0 Å². The summed E-state index contributed by atoms with van der Waals surface area (Å²) in [6, 6.07) is 6.33. The van der Waals surface area contributed by atoms with Gasteiger partial charge in [0.1, 0.15) is 17.6 Å². The minimum Gasteiger partial charge on any atom is -1.00 e. The summed E-state index contributed by atoms with van der Waals surface area (Å²) in [5.41, 5.74) is 3.80. The van der Waals surface area contributed by atoms with Crippen molar-refractivity contribution in [3.63, 3.8) is 0 Å². The topological polar surface area (TPSA) is 9.03 Å². The molecule has 0 amide bonds. The molecular formula is C10H13IN2. The zero-order valence-corrected chi connectivity index (χ0v) is 10.2. The van der Waals surface area contributed by atoms with Crippen molar-refractivity contribution in [3.8, 4) is 0 Å². The van der Waals surface area contributed by atoms with E-state index < -0.39 is 0 Å². The molecule has 0 saturated carbocycles. The van der Waals surface area contributed by atoms with Crippen LogP contribution in [-0.4, -0.2) is 4.57 Å². The molecule has 0 fully saturated rings. The fraction of sp³-hybridized carbons (Fsp3) is 0.300. The van der Waals surface area contributed by atoms with E-state index in [0.717, 1.165) is 0 Å². The number of imidazole rings is 1. The van der Waals surface area contributed by atoms with Crippen molar-refractivity contribution in [2.45, 2.75) is 13.8 Å². The van der Waals surface area contributed by atoms with Gasteiger partial charge in [0, 0.05) is 13.0 Å². The van der Waals surface area contributed by atoms with Gasteiger partial charge in [0.25, 0.3) is 5.65 Å². The lowest BCUT2D eigenvalue weighted by Gasteiger charge is -1.91. The standard InChI is InChI=1S/C10H13N2.HI/c1-8-5-4-6-10-11(3)9(2)7-12(8)10;/h4-7H,1-3H3;1H/q+1;/p-1. The molecule has 2 heterocycles. The van der Waals surface area contributed by atoms with Crippen LogP contribution in [0, 0.1) is 13.8 Å². The molecule has 0 aliphatic carbocycles. The van der Waals surface area contributed by atoms with Crippen LogP contribution in [0.5, 0.6) is 0 Å². The number of nitrogens with zero attached hydrogens (tertiary/aromatic N) is 2. The summed E-state index contributed by atoms with van der Waals surface area (Å²) in [5.74, 6) is 0. The highest BCUT2D eigenvalue weighted by molar-refractivity contribution is 5.32. The molecule has 0 aromatic carbocycles. The molecule has 3 heteroatoms. The molecule has 0 atom stereocenters. The van der Waals surface area contributed by atoms with E-state index in [1.807, 2.05) is 0 Å². The third kappa shape index (κ3) is 1.57. The van der Waals surface area contributed by atoms with Crippen LogP contribution in [0.15, 0.2) is 24.4 Å². The number of aryl methyl sites for hydroxylation is 3. The summed E-state index contributed by atoms with van der Waals surface area (Å²) >= 11 is 0. The van der Waals surface area contributed by atoms with Crippen LogP contribution in [0.3, 0.4) is 0 Å². The van der Waals surface area contributed by atoms with Crippen molar-refractivity contribution in [2.24, 2.45) is 7.05 Å². The van der Waals surface area contributed by atoms with Gasteiger partial charge in [-0.3, -0.25) is 0 Å².